The van der Waals surface area contributed by atoms with Gasteiger partial charge in [-0.15, -0.1) is 0 Å². The first-order valence-electron chi connectivity index (χ1n) is 15.1. The molecule has 4 aliphatic rings. The van der Waals surface area contributed by atoms with E-state index in [1.54, 1.807) is 0 Å². The van der Waals surface area contributed by atoms with Crippen LogP contribution in [-0.4, -0.2) is 12.1 Å². The van der Waals surface area contributed by atoms with Gasteiger partial charge in [-0.3, -0.25) is 4.79 Å². The molecule has 0 saturated heterocycles. The summed E-state index contributed by atoms with van der Waals surface area (Å²) >= 11 is 0. The normalized spacial score (nSPS) is 43.1. The van der Waals surface area contributed by atoms with Crippen LogP contribution in [0, 0.1) is 57.7 Å². The zero-order valence-electron chi connectivity index (χ0n) is 23.9. The van der Waals surface area contributed by atoms with Gasteiger partial charge in [0.15, 0.2) is 0 Å². The molecule has 0 aliphatic heterocycles. The van der Waals surface area contributed by atoms with E-state index < -0.39 is 5.41 Å². The summed E-state index contributed by atoms with van der Waals surface area (Å²) in [5.74, 6) is 6.23. The Bertz CT molecular complexity index is 719. The van der Waals surface area contributed by atoms with Gasteiger partial charge in [0.05, 0.1) is 5.41 Å². The summed E-state index contributed by atoms with van der Waals surface area (Å²) in [4.78, 5) is 12.5. The number of carbonyl (C=O) groups excluding carboxylic acids is 1. The van der Waals surface area contributed by atoms with Crippen LogP contribution in [0.5, 0.6) is 0 Å². The van der Waals surface area contributed by atoms with Crippen LogP contribution in [-0.2, 0) is 9.53 Å². The van der Waals surface area contributed by atoms with Gasteiger partial charge in [-0.2, -0.15) is 0 Å². The van der Waals surface area contributed by atoms with Crippen molar-refractivity contribution in [1.29, 1.82) is 0 Å². The second-order valence-electron chi connectivity index (χ2n) is 15.2. The minimum Gasteiger partial charge on any atom is -0.462 e. The fourth-order valence-electron chi connectivity index (χ4n) is 9.68. The molecule has 0 aromatic rings. The Morgan fingerprint density at radius 3 is 2.24 bits per heavy atom. The fourth-order valence-corrected chi connectivity index (χ4v) is 9.68. The van der Waals surface area contributed by atoms with E-state index in [9.17, 15) is 4.79 Å². The van der Waals surface area contributed by atoms with Crippen LogP contribution in [0.25, 0.3) is 0 Å². The van der Waals surface area contributed by atoms with Gasteiger partial charge in [-0.25, -0.2) is 0 Å². The first-order chi connectivity index (χ1) is 15.9. The molecule has 34 heavy (non-hydrogen) atoms. The molecule has 4 aliphatic carbocycles. The summed E-state index contributed by atoms with van der Waals surface area (Å²) in [5.41, 5.74) is 0.661. The molecule has 0 spiro atoms. The van der Waals surface area contributed by atoms with E-state index in [1.165, 1.54) is 64.2 Å². The van der Waals surface area contributed by atoms with Crippen molar-refractivity contribution in [1.82, 2.24) is 0 Å². The SMILES string of the molecule is CC(C)CCC[C@@H](C)C1CCC2C3CCC4CC(OC(=O)C(C)(C)C)CC[C@]4(C)C3CC[C@@]21C. The van der Waals surface area contributed by atoms with Crippen LogP contribution in [0.2, 0.25) is 0 Å². The maximum absolute atomic E-state index is 12.5. The summed E-state index contributed by atoms with van der Waals surface area (Å²) in [6.45, 7) is 18.6. The maximum atomic E-state index is 12.5. The first kappa shape index (κ1) is 26.5. The molecule has 0 amide bonds. The first-order valence-corrected chi connectivity index (χ1v) is 15.1. The smallest absolute Gasteiger partial charge is 0.311 e. The van der Waals surface area contributed by atoms with Gasteiger partial charge >= 0.3 is 5.97 Å². The Labute approximate surface area is 211 Å². The number of rotatable bonds is 6. The molecule has 2 nitrogen and oxygen atoms in total. The average Bonchev–Trinajstić information content (AvgIpc) is 3.10. The highest BCUT2D eigenvalue weighted by molar-refractivity contribution is 5.75. The topological polar surface area (TPSA) is 26.3 Å². The summed E-state index contributed by atoms with van der Waals surface area (Å²) in [6.07, 6.45) is 16.5. The van der Waals surface area contributed by atoms with Crippen molar-refractivity contribution in [3.63, 3.8) is 0 Å². The molecular formula is C32H56O2. The lowest BCUT2D eigenvalue weighted by molar-refractivity contribution is -0.170. The molecule has 6 unspecified atom stereocenters. The number of hydrogen-bond donors (Lipinski definition) is 0. The third-order valence-corrected chi connectivity index (χ3v) is 11.7. The molecule has 2 heteroatoms. The summed E-state index contributed by atoms with van der Waals surface area (Å²) < 4.78 is 6.02. The number of carbonyl (C=O) groups is 1. The van der Waals surface area contributed by atoms with Crippen LogP contribution in [0.1, 0.15) is 132 Å². The van der Waals surface area contributed by atoms with Crippen molar-refractivity contribution in [3.05, 3.63) is 0 Å². The Balaban J connectivity index is 1.41. The Morgan fingerprint density at radius 2 is 1.56 bits per heavy atom. The van der Waals surface area contributed by atoms with Crippen LogP contribution in [0.3, 0.4) is 0 Å². The second-order valence-corrected chi connectivity index (χ2v) is 15.2. The van der Waals surface area contributed by atoms with E-state index in [1.807, 2.05) is 20.8 Å². The predicted octanol–water partition coefficient (Wildman–Crippen LogP) is 9.07. The molecule has 0 N–H and O–H groups in total. The molecule has 0 heterocycles. The van der Waals surface area contributed by atoms with Crippen molar-refractivity contribution in [2.45, 2.75) is 139 Å². The van der Waals surface area contributed by atoms with E-state index in [0.29, 0.717) is 10.8 Å². The highest BCUT2D eigenvalue weighted by Crippen LogP contribution is 2.68. The van der Waals surface area contributed by atoms with E-state index in [-0.39, 0.29) is 12.1 Å². The third-order valence-electron chi connectivity index (χ3n) is 11.7. The molecule has 0 radical (unpaired) electrons. The molecule has 196 valence electrons. The predicted molar refractivity (Wildman–Crippen MR) is 142 cm³/mol. The molecule has 4 rings (SSSR count). The summed E-state index contributed by atoms with van der Waals surface area (Å²) in [7, 11) is 0. The van der Waals surface area contributed by atoms with Crippen LogP contribution in [0.15, 0.2) is 0 Å². The van der Waals surface area contributed by atoms with Crippen molar-refractivity contribution >= 4 is 5.97 Å². The largest absolute Gasteiger partial charge is 0.462 e. The Kier molecular flexibility index (Phi) is 7.60. The van der Waals surface area contributed by atoms with Gasteiger partial charge in [0.1, 0.15) is 6.10 Å². The Morgan fingerprint density at radius 1 is 0.882 bits per heavy atom. The van der Waals surface area contributed by atoms with Crippen molar-refractivity contribution < 1.29 is 9.53 Å². The highest BCUT2D eigenvalue weighted by Gasteiger charge is 2.60. The molecule has 0 aromatic heterocycles. The zero-order chi connectivity index (χ0) is 24.9. The lowest BCUT2D eigenvalue weighted by atomic mass is 9.44. The molecule has 0 bridgehead atoms. The van der Waals surface area contributed by atoms with Crippen molar-refractivity contribution in [2.24, 2.45) is 57.7 Å². The van der Waals surface area contributed by atoms with Gasteiger partial charge in [0, 0.05) is 0 Å². The van der Waals surface area contributed by atoms with Gasteiger partial charge in [-0.05, 0) is 131 Å². The van der Waals surface area contributed by atoms with Crippen molar-refractivity contribution in [3.8, 4) is 0 Å². The van der Waals surface area contributed by atoms with E-state index >= 15 is 0 Å². The van der Waals surface area contributed by atoms with Crippen molar-refractivity contribution in [2.75, 3.05) is 0 Å². The monoisotopic (exact) mass is 472 g/mol. The van der Waals surface area contributed by atoms with Crippen LogP contribution in [0.4, 0.5) is 0 Å². The molecule has 9 atom stereocenters. The lowest BCUT2D eigenvalue weighted by Crippen LogP contribution is -2.54. The molecule has 4 saturated carbocycles. The van der Waals surface area contributed by atoms with Crippen LogP contribution < -0.4 is 0 Å². The highest BCUT2D eigenvalue weighted by atomic mass is 16.5. The number of ether oxygens (including phenoxy) is 1. The molecule has 0 aromatic carbocycles. The molecule has 4 fully saturated rings. The lowest BCUT2D eigenvalue weighted by Gasteiger charge is -2.61. The van der Waals surface area contributed by atoms with E-state index in [4.69, 9.17) is 4.74 Å². The minimum atomic E-state index is -0.392. The summed E-state index contributed by atoms with van der Waals surface area (Å²) in [5, 5.41) is 0. The standard InChI is InChI=1S/C32H56O2/c1-21(2)10-9-11-22(3)26-14-15-27-25-13-12-23-20-24(34-29(33)30(4,5)6)16-18-31(23,7)28(25)17-19-32(26,27)8/h21-28H,9-20H2,1-8H3/t22-,23?,24?,25?,26?,27?,28?,31+,32-/m1/s1. The van der Waals surface area contributed by atoms with E-state index in [0.717, 1.165) is 54.3 Å². The zero-order valence-corrected chi connectivity index (χ0v) is 23.9. The maximum Gasteiger partial charge on any atom is 0.311 e. The second kappa shape index (κ2) is 9.74. The third kappa shape index (κ3) is 4.87. The molecular weight excluding hydrogens is 416 g/mol. The number of fused-ring (bicyclic) bond motifs is 5. The average molecular weight is 473 g/mol. The van der Waals surface area contributed by atoms with Gasteiger partial charge < -0.3 is 4.74 Å². The van der Waals surface area contributed by atoms with Gasteiger partial charge in [0.2, 0.25) is 0 Å². The van der Waals surface area contributed by atoms with E-state index in [2.05, 4.69) is 34.6 Å². The van der Waals surface area contributed by atoms with Gasteiger partial charge in [-0.1, -0.05) is 53.9 Å². The number of esters is 1. The Hall–Kier alpha value is -0.530. The van der Waals surface area contributed by atoms with Gasteiger partial charge in [0.25, 0.3) is 0 Å². The minimum absolute atomic E-state index is 0.0114. The fraction of sp³-hybridized carbons (Fsp3) is 0.969. The number of hydrogen-bond acceptors (Lipinski definition) is 2. The van der Waals surface area contributed by atoms with Crippen LogP contribution >= 0.6 is 0 Å². The quantitative estimate of drug-likeness (QED) is 0.360. The summed E-state index contributed by atoms with van der Waals surface area (Å²) in [6, 6.07) is 0.